The molecule has 0 spiro atoms. The summed E-state index contributed by atoms with van der Waals surface area (Å²) in [6, 6.07) is 9.68. The number of hydrogen-bond donors (Lipinski definition) is 0. The summed E-state index contributed by atoms with van der Waals surface area (Å²) >= 11 is 0. The topological polar surface area (TPSA) is 23.8 Å². The fourth-order valence-corrected chi connectivity index (χ4v) is 1.69. The number of rotatable bonds is 1. The first-order chi connectivity index (χ1) is 8.91. The van der Waals surface area contributed by atoms with Crippen LogP contribution in [0.15, 0.2) is 42.5 Å². The van der Waals surface area contributed by atoms with E-state index in [1.807, 2.05) is 6.07 Å². The van der Waals surface area contributed by atoms with Gasteiger partial charge in [-0.25, -0.2) is 4.39 Å². The third kappa shape index (κ3) is 2.74. The van der Waals surface area contributed by atoms with Crippen molar-refractivity contribution in [1.82, 2.24) is 0 Å². The highest BCUT2D eigenvalue weighted by atomic mass is 19.4. The van der Waals surface area contributed by atoms with Crippen molar-refractivity contribution >= 4 is 0 Å². The van der Waals surface area contributed by atoms with Gasteiger partial charge in [-0.15, -0.1) is 0 Å². The van der Waals surface area contributed by atoms with Crippen molar-refractivity contribution < 1.29 is 17.6 Å². The zero-order chi connectivity index (χ0) is 14.0. The second-order valence-corrected chi connectivity index (χ2v) is 3.88. The van der Waals surface area contributed by atoms with Gasteiger partial charge >= 0.3 is 6.18 Å². The van der Waals surface area contributed by atoms with Gasteiger partial charge in [-0.05, 0) is 35.9 Å². The summed E-state index contributed by atoms with van der Waals surface area (Å²) < 4.78 is 50.4. The molecular weight excluding hydrogens is 258 g/mol. The van der Waals surface area contributed by atoms with E-state index >= 15 is 0 Å². The average molecular weight is 265 g/mol. The molecule has 0 aromatic heterocycles. The lowest BCUT2D eigenvalue weighted by atomic mass is 9.99. The van der Waals surface area contributed by atoms with E-state index in [1.54, 1.807) is 0 Å². The van der Waals surface area contributed by atoms with Gasteiger partial charge in [0, 0.05) is 5.56 Å². The number of alkyl halides is 3. The van der Waals surface area contributed by atoms with Gasteiger partial charge in [-0.2, -0.15) is 18.4 Å². The molecule has 0 N–H and O–H groups in total. The minimum atomic E-state index is -4.42. The number of hydrogen-bond acceptors (Lipinski definition) is 1. The van der Waals surface area contributed by atoms with Crippen molar-refractivity contribution in [2.24, 2.45) is 0 Å². The highest BCUT2D eigenvalue weighted by Crippen LogP contribution is 2.31. The van der Waals surface area contributed by atoms with E-state index < -0.39 is 17.6 Å². The van der Waals surface area contributed by atoms with E-state index in [2.05, 4.69) is 0 Å². The summed E-state index contributed by atoms with van der Waals surface area (Å²) in [5.74, 6) is -0.547. The lowest BCUT2D eigenvalue weighted by Gasteiger charge is -2.08. The van der Waals surface area contributed by atoms with Crippen molar-refractivity contribution in [1.29, 1.82) is 5.26 Å². The Balaban J connectivity index is 2.49. The Kier molecular flexibility index (Phi) is 3.26. The van der Waals surface area contributed by atoms with E-state index in [0.29, 0.717) is 5.56 Å². The first-order valence-corrected chi connectivity index (χ1v) is 5.29. The molecule has 2 aromatic rings. The van der Waals surface area contributed by atoms with Crippen molar-refractivity contribution in [3.63, 3.8) is 0 Å². The van der Waals surface area contributed by atoms with Gasteiger partial charge in [0.1, 0.15) is 5.82 Å². The molecular formula is C14H7F4N. The summed E-state index contributed by atoms with van der Waals surface area (Å²) in [5, 5.41) is 8.90. The lowest BCUT2D eigenvalue weighted by Crippen LogP contribution is -2.04. The van der Waals surface area contributed by atoms with Crippen LogP contribution in [0.1, 0.15) is 11.1 Å². The molecule has 0 aliphatic rings. The Morgan fingerprint density at radius 1 is 0.947 bits per heavy atom. The molecule has 0 heterocycles. The van der Waals surface area contributed by atoms with Crippen molar-refractivity contribution in [2.45, 2.75) is 6.18 Å². The molecule has 0 bridgehead atoms. The van der Waals surface area contributed by atoms with Gasteiger partial charge in [-0.1, -0.05) is 12.1 Å². The van der Waals surface area contributed by atoms with E-state index in [4.69, 9.17) is 5.26 Å². The van der Waals surface area contributed by atoms with E-state index in [9.17, 15) is 17.6 Å². The highest BCUT2D eigenvalue weighted by molar-refractivity contribution is 5.70. The summed E-state index contributed by atoms with van der Waals surface area (Å²) in [6.07, 6.45) is -4.42. The molecule has 0 saturated heterocycles. The van der Waals surface area contributed by atoms with Gasteiger partial charge in [0.15, 0.2) is 0 Å². The highest BCUT2D eigenvalue weighted by Gasteiger charge is 2.30. The van der Waals surface area contributed by atoms with Crippen LogP contribution in [0.25, 0.3) is 11.1 Å². The predicted molar refractivity (Wildman–Crippen MR) is 61.6 cm³/mol. The third-order valence-electron chi connectivity index (χ3n) is 2.63. The Bertz CT molecular complexity index is 636. The maximum atomic E-state index is 13.1. The van der Waals surface area contributed by atoms with E-state index in [0.717, 1.165) is 24.3 Å². The molecule has 96 valence electrons. The van der Waals surface area contributed by atoms with Crippen LogP contribution in [0.3, 0.4) is 0 Å². The maximum absolute atomic E-state index is 13.1. The number of nitriles is 1. The van der Waals surface area contributed by atoms with Crippen LogP contribution in [-0.2, 0) is 6.18 Å². The van der Waals surface area contributed by atoms with Crippen LogP contribution in [0.4, 0.5) is 17.6 Å². The van der Waals surface area contributed by atoms with E-state index in [1.165, 1.54) is 18.2 Å². The molecule has 0 aliphatic carbocycles. The lowest BCUT2D eigenvalue weighted by molar-refractivity contribution is -0.137. The molecule has 2 rings (SSSR count). The molecule has 0 atom stereocenters. The molecule has 1 nitrogen and oxygen atoms in total. The Morgan fingerprint density at radius 3 is 2.11 bits per heavy atom. The third-order valence-corrected chi connectivity index (χ3v) is 2.63. The minimum Gasteiger partial charge on any atom is -0.207 e. The first kappa shape index (κ1) is 13.1. The summed E-state index contributed by atoms with van der Waals surface area (Å²) in [5.41, 5.74) is 0.0626. The Morgan fingerprint density at radius 2 is 1.58 bits per heavy atom. The quantitative estimate of drug-likeness (QED) is 0.702. The van der Waals surface area contributed by atoms with Gasteiger partial charge in [-0.3, -0.25) is 0 Å². The Hall–Kier alpha value is -2.35. The SMILES string of the molecule is N#Cc1ccc(F)cc1-c1ccc(C(F)(F)F)cc1. The van der Waals surface area contributed by atoms with Crippen molar-refractivity contribution in [3.05, 3.63) is 59.4 Å². The smallest absolute Gasteiger partial charge is 0.207 e. The molecule has 0 amide bonds. The second-order valence-electron chi connectivity index (χ2n) is 3.88. The summed E-state index contributed by atoms with van der Waals surface area (Å²) in [7, 11) is 0. The summed E-state index contributed by atoms with van der Waals surface area (Å²) in [4.78, 5) is 0. The predicted octanol–water partition coefficient (Wildman–Crippen LogP) is 4.38. The van der Waals surface area contributed by atoms with Crippen LogP contribution in [0.2, 0.25) is 0 Å². The molecule has 0 unspecified atom stereocenters. The van der Waals surface area contributed by atoms with Gasteiger partial charge in [0.05, 0.1) is 17.2 Å². The molecule has 0 fully saturated rings. The fourth-order valence-electron chi connectivity index (χ4n) is 1.69. The monoisotopic (exact) mass is 265 g/mol. The van der Waals surface area contributed by atoms with E-state index in [-0.39, 0.29) is 11.1 Å². The average Bonchev–Trinajstić information content (AvgIpc) is 2.38. The van der Waals surface area contributed by atoms with Crippen LogP contribution in [0, 0.1) is 17.1 Å². The first-order valence-electron chi connectivity index (χ1n) is 5.29. The molecule has 2 aromatic carbocycles. The molecule has 5 heteroatoms. The van der Waals surface area contributed by atoms with Crippen molar-refractivity contribution in [2.75, 3.05) is 0 Å². The second kappa shape index (κ2) is 4.73. The number of halogens is 4. The van der Waals surface area contributed by atoms with Crippen LogP contribution < -0.4 is 0 Å². The largest absolute Gasteiger partial charge is 0.416 e. The number of nitrogens with zero attached hydrogens (tertiary/aromatic N) is 1. The van der Waals surface area contributed by atoms with Gasteiger partial charge < -0.3 is 0 Å². The van der Waals surface area contributed by atoms with Crippen molar-refractivity contribution in [3.8, 4) is 17.2 Å². The molecule has 19 heavy (non-hydrogen) atoms. The normalized spacial score (nSPS) is 11.1. The molecule has 0 aliphatic heterocycles. The van der Waals surface area contributed by atoms with Crippen LogP contribution in [-0.4, -0.2) is 0 Å². The zero-order valence-corrected chi connectivity index (χ0v) is 9.50. The van der Waals surface area contributed by atoms with Gasteiger partial charge in [0.2, 0.25) is 0 Å². The molecule has 0 radical (unpaired) electrons. The number of benzene rings is 2. The molecule has 0 saturated carbocycles. The van der Waals surface area contributed by atoms with Crippen LogP contribution >= 0.6 is 0 Å². The minimum absolute atomic E-state index is 0.209. The van der Waals surface area contributed by atoms with Crippen LogP contribution in [0.5, 0.6) is 0 Å². The summed E-state index contributed by atoms with van der Waals surface area (Å²) in [6.45, 7) is 0. The standard InChI is InChI=1S/C14H7F4N/c15-12-6-3-10(8-19)13(7-12)9-1-4-11(5-2-9)14(16,17)18/h1-7H. The maximum Gasteiger partial charge on any atom is 0.416 e. The zero-order valence-electron chi connectivity index (χ0n) is 9.50. The van der Waals surface area contributed by atoms with Gasteiger partial charge in [0.25, 0.3) is 0 Å². The fraction of sp³-hybridized carbons (Fsp3) is 0.0714. The Labute approximate surface area is 106 Å².